The van der Waals surface area contributed by atoms with Gasteiger partial charge in [-0.1, -0.05) is 12.1 Å². The lowest BCUT2D eigenvalue weighted by molar-refractivity contribution is 0.102. The highest BCUT2D eigenvalue weighted by Gasteiger charge is 2.17. The minimum atomic E-state index is -0.0969. The van der Waals surface area contributed by atoms with Crippen molar-refractivity contribution >= 4 is 17.3 Å². The van der Waals surface area contributed by atoms with Crippen LogP contribution in [-0.4, -0.2) is 28.8 Å². The molecule has 1 fully saturated rings. The van der Waals surface area contributed by atoms with Crippen molar-refractivity contribution in [1.29, 1.82) is 0 Å². The number of benzene rings is 2. The van der Waals surface area contributed by atoms with Crippen molar-refractivity contribution in [2.45, 2.75) is 19.8 Å². The fourth-order valence-corrected chi connectivity index (χ4v) is 3.40. The van der Waals surface area contributed by atoms with E-state index in [4.69, 9.17) is 0 Å². The average Bonchev–Trinajstić information content (AvgIpc) is 3.34. The number of rotatable bonds is 4. The zero-order valence-electron chi connectivity index (χ0n) is 14.9. The zero-order chi connectivity index (χ0) is 17.9. The van der Waals surface area contributed by atoms with Crippen LogP contribution in [0.1, 0.15) is 28.9 Å². The van der Waals surface area contributed by atoms with Crippen LogP contribution in [0.25, 0.3) is 5.69 Å². The fraction of sp³-hybridized carbons (Fsp3) is 0.238. The Balaban J connectivity index is 1.53. The molecule has 0 unspecified atom stereocenters. The predicted octanol–water partition coefficient (Wildman–Crippen LogP) is 4.03. The summed E-state index contributed by atoms with van der Waals surface area (Å²) in [6.07, 6.45) is 4.18. The third-order valence-corrected chi connectivity index (χ3v) is 4.81. The summed E-state index contributed by atoms with van der Waals surface area (Å²) in [7, 11) is 0. The normalized spacial score (nSPS) is 13.8. The number of aromatic nitrogens is 2. The monoisotopic (exact) mass is 346 g/mol. The number of nitrogens with one attached hydrogen (secondary N) is 1. The summed E-state index contributed by atoms with van der Waals surface area (Å²) < 4.78 is 1.85. The number of para-hydroxylation sites is 2. The quantitative estimate of drug-likeness (QED) is 0.776. The van der Waals surface area contributed by atoms with E-state index in [-0.39, 0.29) is 5.91 Å². The van der Waals surface area contributed by atoms with Gasteiger partial charge in [-0.05, 0) is 62.2 Å². The molecule has 1 saturated heterocycles. The maximum absolute atomic E-state index is 12.7. The van der Waals surface area contributed by atoms with Crippen molar-refractivity contribution in [3.05, 3.63) is 72.1 Å². The third-order valence-electron chi connectivity index (χ3n) is 4.81. The van der Waals surface area contributed by atoms with Crippen LogP contribution >= 0.6 is 0 Å². The number of aryl methyl sites for hydroxylation is 1. The van der Waals surface area contributed by atoms with Gasteiger partial charge in [0.15, 0.2) is 0 Å². The molecule has 1 aliphatic heterocycles. The van der Waals surface area contributed by atoms with Gasteiger partial charge in [-0.3, -0.25) is 4.79 Å². The van der Waals surface area contributed by atoms with Gasteiger partial charge in [0.1, 0.15) is 0 Å². The number of carbonyl (C=O) groups excluding carboxylic acids is 1. The molecule has 0 saturated carbocycles. The van der Waals surface area contributed by atoms with Crippen LogP contribution in [-0.2, 0) is 0 Å². The molecular formula is C21H22N4O. The number of anilines is 2. The molecule has 5 nitrogen and oxygen atoms in total. The van der Waals surface area contributed by atoms with Crippen LogP contribution in [0.4, 0.5) is 11.4 Å². The molecule has 0 spiro atoms. The van der Waals surface area contributed by atoms with Gasteiger partial charge in [0.25, 0.3) is 5.91 Å². The van der Waals surface area contributed by atoms with E-state index in [1.165, 1.54) is 12.8 Å². The molecule has 1 N–H and O–H groups in total. The lowest BCUT2D eigenvalue weighted by atomic mass is 10.1. The molecule has 0 atom stereocenters. The van der Waals surface area contributed by atoms with E-state index in [1.807, 2.05) is 60.1 Å². The Morgan fingerprint density at radius 3 is 2.42 bits per heavy atom. The van der Waals surface area contributed by atoms with Gasteiger partial charge in [0.2, 0.25) is 0 Å². The summed E-state index contributed by atoms with van der Waals surface area (Å²) in [5, 5.41) is 7.36. The molecule has 4 rings (SSSR count). The minimum Gasteiger partial charge on any atom is -0.370 e. The second-order valence-corrected chi connectivity index (χ2v) is 6.60. The summed E-state index contributed by atoms with van der Waals surface area (Å²) in [5.41, 5.74) is 4.60. The lowest BCUT2D eigenvalue weighted by Crippen LogP contribution is -2.21. The number of nitrogens with zero attached hydrogens (tertiary/aromatic N) is 3. The van der Waals surface area contributed by atoms with Crippen molar-refractivity contribution in [3.8, 4) is 5.69 Å². The molecule has 0 radical (unpaired) electrons. The number of amides is 1. The highest BCUT2D eigenvalue weighted by molar-refractivity contribution is 6.06. The SMILES string of the molecule is Cc1ccnn1-c1ccc(C(=O)Nc2ccccc2N2CCCC2)cc1. The Bertz CT molecular complexity index is 908. The standard InChI is InChI=1S/C21H22N4O/c1-16-12-13-22-25(16)18-10-8-17(9-11-18)21(26)23-19-6-2-3-7-20(19)24-14-4-5-15-24/h2-3,6-13H,4-5,14-15H2,1H3,(H,23,26). The molecule has 26 heavy (non-hydrogen) atoms. The van der Waals surface area contributed by atoms with Gasteiger partial charge in [0, 0.05) is 30.5 Å². The van der Waals surface area contributed by atoms with Crippen LogP contribution in [0.3, 0.4) is 0 Å². The molecule has 1 amide bonds. The van der Waals surface area contributed by atoms with E-state index in [1.54, 1.807) is 6.20 Å². The molecule has 3 aromatic rings. The van der Waals surface area contributed by atoms with E-state index >= 15 is 0 Å². The second-order valence-electron chi connectivity index (χ2n) is 6.60. The van der Waals surface area contributed by atoms with Crippen molar-refractivity contribution in [1.82, 2.24) is 9.78 Å². The molecule has 2 aromatic carbocycles. The molecule has 0 aliphatic carbocycles. The van der Waals surface area contributed by atoms with Crippen LogP contribution in [0, 0.1) is 6.92 Å². The van der Waals surface area contributed by atoms with E-state index in [0.29, 0.717) is 5.56 Å². The number of hydrogen-bond donors (Lipinski definition) is 1. The summed E-state index contributed by atoms with van der Waals surface area (Å²) in [6.45, 7) is 4.10. The van der Waals surface area contributed by atoms with Crippen LogP contribution in [0.15, 0.2) is 60.8 Å². The first kappa shape index (κ1) is 16.4. The second kappa shape index (κ2) is 7.04. The molecule has 1 aliphatic rings. The molecule has 132 valence electrons. The first-order chi connectivity index (χ1) is 12.7. The summed E-state index contributed by atoms with van der Waals surface area (Å²) in [6, 6.07) is 17.5. The van der Waals surface area contributed by atoms with E-state index < -0.39 is 0 Å². The van der Waals surface area contributed by atoms with Crippen molar-refractivity contribution in [3.63, 3.8) is 0 Å². The van der Waals surface area contributed by atoms with Crippen molar-refractivity contribution in [2.24, 2.45) is 0 Å². The largest absolute Gasteiger partial charge is 0.370 e. The molecular weight excluding hydrogens is 324 g/mol. The van der Waals surface area contributed by atoms with Gasteiger partial charge in [-0.25, -0.2) is 4.68 Å². The van der Waals surface area contributed by atoms with E-state index in [2.05, 4.69) is 21.4 Å². The third kappa shape index (κ3) is 3.20. The number of hydrogen-bond acceptors (Lipinski definition) is 3. The minimum absolute atomic E-state index is 0.0969. The summed E-state index contributed by atoms with van der Waals surface area (Å²) in [5.74, 6) is -0.0969. The van der Waals surface area contributed by atoms with Gasteiger partial charge < -0.3 is 10.2 Å². The summed E-state index contributed by atoms with van der Waals surface area (Å²) in [4.78, 5) is 15.0. The van der Waals surface area contributed by atoms with Crippen molar-refractivity contribution in [2.75, 3.05) is 23.3 Å². The Kier molecular flexibility index (Phi) is 4.44. The van der Waals surface area contributed by atoms with Gasteiger partial charge in [0.05, 0.1) is 17.1 Å². The smallest absolute Gasteiger partial charge is 0.255 e. The Labute approximate surface area is 153 Å². The first-order valence-electron chi connectivity index (χ1n) is 8.99. The van der Waals surface area contributed by atoms with Crippen molar-refractivity contribution < 1.29 is 4.79 Å². The van der Waals surface area contributed by atoms with Crippen LogP contribution < -0.4 is 10.2 Å². The van der Waals surface area contributed by atoms with E-state index in [9.17, 15) is 4.79 Å². The Morgan fingerprint density at radius 1 is 1.00 bits per heavy atom. The van der Waals surface area contributed by atoms with Gasteiger partial charge >= 0.3 is 0 Å². The highest BCUT2D eigenvalue weighted by atomic mass is 16.1. The summed E-state index contributed by atoms with van der Waals surface area (Å²) >= 11 is 0. The lowest BCUT2D eigenvalue weighted by Gasteiger charge is -2.21. The predicted molar refractivity (Wildman–Crippen MR) is 104 cm³/mol. The van der Waals surface area contributed by atoms with E-state index in [0.717, 1.165) is 35.8 Å². The Morgan fingerprint density at radius 2 is 1.73 bits per heavy atom. The molecule has 1 aromatic heterocycles. The zero-order valence-corrected chi connectivity index (χ0v) is 14.9. The maximum Gasteiger partial charge on any atom is 0.255 e. The van der Waals surface area contributed by atoms with Gasteiger partial charge in [-0.2, -0.15) is 5.10 Å². The topological polar surface area (TPSA) is 50.2 Å². The average molecular weight is 346 g/mol. The van der Waals surface area contributed by atoms with Crippen LogP contribution in [0.2, 0.25) is 0 Å². The number of carbonyl (C=O) groups is 1. The van der Waals surface area contributed by atoms with Crippen LogP contribution in [0.5, 0.6) is 0 Å². The Hall–Kier alpha value is -3.08. The fourth-order valence-electron chi connectivity index (χ4n) is 3.40. The highest BCUT2D eigenvalue weighted by Crippen LogP contribution is 2.29. The molecule has 0 bridgehead atoms. The maximum atomic E-state index is 12.7. The van der Waals surface area contributed by atoms with Gasteiger partial charge in [-0.15, -0.1) is 0 Å². The first-order valence-corrected chi connectivity index (χ1v) is 8.99. The molecule has 2 heterocycles. The molecule has 5 heteroatoms.